The fourth-order valence-electron chi connectivity index (χ4n) is 3.55. The summed E-state index contributed by atoms with van der Waals surface area (Å²) in [6.07, 6.45) is 4.54. The van der Waals surface area contributed by atoms with Crippen molar-refractivity contribution in [2.75, 3.05) is 10.6 Å². The number of carbonyl (C=O) groups is 1. The Morgan fingerprint density at radius 2 is 2.03 bits per heavy atom. The number of oxazole rings is 1. The molecule has 0 saturated heterocycles. The van der Waals surface area contributed by atoms with Crippen LogP contribution in [0.2, 0.25) is 0 Å². The van der Waals surface area contributed by atoms with Gasteiger partial charge in [0.2, 0.25) is 5.89 Å². The summed E-state index contributed by atoms with van der Waals surface area (Å²) in [5.41, 5.74) is 1.74. The highest BCUT2D eigenvalue weighted by molar-refractivity contribution is 7.22. The van der Waals surface area contributed by atoms with Gasteiger partial charge in [-0.1, -0.05) is 23.5 Å². The van der Waals surface area contributed by atoms with Crippen LogP contribution in [-0.4, -0.2) is 20.4 Å². The van der Waals surface area contributed by atoms with Crippen LogP contribution < -0.4 is 16.2 Å². The van der Waals surface area contributed by atoms with E-state index in [9.17, 15) is 9.59 Å². The first-order valence-electron chi connectivity index (χ1n) is 10.1. The first-order chi connectivity index (χ1) is 16.1. The SMILES string of the molecule is Cc1c(C(=O)Nc2nc3ccccc3s2)c(NCc2ncco2)cc(=O)n1Cc1ccco1. The predicted molar refractivity (Wildman–Crippen MR) is 125 cm³/mol. The number of benzene rings is 1. The first kappa shape index (κ1) is 20.7. The molecule has 2 N–H and O–H groups in total. The van der Waals surface area contributed by atoms with Crippen LogP contribution in [0.5, 0.6) is 0 Å². The second-order valence-corrected chi connectivity index (χ2v) is 8.27. The third-order valence-electron chi connectivity index (χ3n) is 5.12. The summed E-state index contributed by atoms with van der Waals surface area (Å²) in [7, 11) is 0. The summed E-state index contributed by atoms with van der Waals surface area (Å²) in [6, 6.07) is 12.6. The quantitative estimate of drug-likeness (QED) is 0.372. The molecular weight excluding hydrogens is 442 g/mol. The molecular formula is C23H19N5O4S. The van der Waals surface area contributed by atoms with Gasteiger partial charge < -0.3 is 18.7 Å². The zero-order valence-electron chi connectivity index (χ0n) is 17.6. The number of para-hydroxylation sites is 1. The van der Waals surface area contributed by atoms with Crippen LogP contribution in [0.4, 0.5) is 10.8 Å². The monoisotopic (exact) mass is 461 g/mol. The highest BCUT2D eigenvalue weighted by Crippen LogP contribution is 2.27. The van der Waals surface area contributed by atoms with Crippen LogP contribution in [0.25, 0.3) is 10.2 Å². The van der Waals surface area contributed by atoms with E-state index in [4.69, 9.17) is 8.83 Å². The van der Waals surface area contributed by atoms with Gasteiger partial charge in [-0.25, -0.2) is 9.97 Å². The van der Waals surface area contributed by atoms with Crippen molar-refractivity contribution in [3.63, 3.8) is 0 Å². The van der Waals surface area contributed by atoms with E-state index in [0.29, 0.717) is 33.7 Å². The molecule has 4 heterocycles. The molecule has 33 heavy (non-hydrogen) atoms. The third kappa shape index (κ3) is 4.28. The van der Waals surface area contributed by atoms with E-state index in [-0.39, 0.29) is 24.6 Å². The van der Waals surface area contributed by atoms with Gasteiger partial charge in [0.15, 0.2) is 5.13 Å². The number of pyridine rings is 1. The second-order valence-electron chi connectivity index (χ2n) is 7.24. The number of anilines is 2. The van der Waals surface area contributed by atoms with E-state index in [1.165, 1.54) is 34.4 Å². The second kappa shape index (κ2) is 8.75. The van der Waals surface area contributed by atoms with Crippen molar-refractivity contribution in [3.8, 4) is 0 Å². The zero-order chi connectivity index (χ0) is 22.8. The fraction of sp³-hybridized carbons (Fsp3) is 0.130. The van der Waals surface area contributed by atoms with Crippen LogP contribution in [0, 0.1) is 6.92 Å². The van der Waals surface area contributed by atoms with E-state index < -0.39 is 0 Å². The van der Waals surface area contributed by atoms with E-state index >= 15 is 0 Å². The number of amides is 1. The Morgan fingerprint density at radius 3 is 2.79 bits per heavy atom. The zero-order valence-corrected chi connectivity index (χ0v) is 18.4. The lowest BCUT2D eigenvalue weighted by Crippen LogP contribution is -2.28. The number of hydrogen-bond acceptors (Lipinski definition) is 8. The lowest BCUT2D eigenvalue weighted by molar-refractivity contribution is 0.102. The van der Waals surface area contributed by atoms with Crippen LogP contribution in [0.15, 0.2) is 74.8 Å². The molecule has 10 heteroatoms. The van der Waals surface area contributed by atoms with Gasteiger partial charge in [0.1, 0.15) is 12.0 Å². The van der Waals surface area contributed by atoms with Gasteiger partial charge in [0, 0.05) is 11.8 Å². The van der Waals surface area contributed by atoms with Crippen molar-refractivity contribution >= 4 is 38.3 Å². The molecule has 0 radical (unpaired) electrons. The molecule has 0 unspecified atom stereocenters. The van der Waals surface area contributed by atoms with E-state index in [1.54, 1.807) is 25.3 Å². The Kier molecular flexibility index (Phi) is 5.49. The molecule has 5 aromatic rings. The van der Waals surface area contributed by atoms with E-state index in [1.807, 2.05) is 24.3 Å². The smallest absolute Gasteiger partial charge is 0.261 e. The van der Waals surface area contributed by atoms with Gasteiger partial charge in [-0.05, 0) is 31.2 Å². The van der Waals surface area contributed by atoms with Crippen LogP contribution >= 0.6 is 11.3 Å². The highest BCUT2D eigenvalue weighted by atomic mass is 32.1. The molecule has 0 spiro atoms. The number of carbonyl (C=O) groups excluding carboxylic acids is 1. The first-order valence-corrected chi connectivity index (χ1v) is 11.0. The van der Waals surface area contributed by atoms with Crippen molar-refractivity contribution in [1.82, 2.24) is 14.5 Å². The van der Waals surface area contributed by atoms with Gasteiger partial charge in [0.05, 0.1) is 47.0 Å². The molecule has 4 aromatic heterocycles. The highest BCUT2D eigenvalue weighted by Gasteiger charge is 2.21. The maximum atomic E-state index is 13.4. The normalized spacial score (nSPS) is 11.1. The van der Waals surface area contributed by atoms with Gasteiger partial charge in [-0.2, -0.15) is 0 Å². The summed E-state index contributed by atoms with van der Waals surface area (Å²) < 4.78 is 13.1. The number of nitrogens with zero attached hydrogens (tertiary/aromatic N) is 3. The Bertz CT molecular complexity index is 1440. The minimum atomic E-state index is -0.380. The molecule has 166 valence electrons. The maximum absolute atomic E-state index is 13.4. The fourth-order valence-corrected chi connectivity index (χ4v) is 4.41. The molecule has 1 amide bonds. The number of aromatic nitrogens is 3. The van der Waals surface area contributed by atoms with Crippen molar-refractivity contribution in [2.45, 2.75) is 20.0 Å². The van der Waals surface area contributed by atoms with Crippen LogP contribution in [-0.2, 0) is 13.1 Å². The number of thiazole rings is 1. The van der Waals surface area contributed by atoms with Gasteiger partial charge >= 0.3 is 0 Å². The molecule has 0 saturated carbocycles. The average molecular weight is 462 g/mol. The summed E-state index contributed by atoms with van der Waals surface area (Å²) >= 11 is 1.38. The van der Waals surface area contributed by atoms with Crippen LogP contribution in [0.3, 0.4) is 0 Å². The average Bonchev–Trinajstić information content (AvgIpc) is 3.56. The molecule has 0 aliphatic rings. The summed E-state index contributed by atoms with van der Waals surface area (Å²) in [5.74, 6) is 0.665. The number of nitrogens with one attached hydrogen (secondary N) is 2. The van der Waals surface area contributed by atoms with Crippen molar-refractivity contribution in [1.29, 1.82) is 0 Å². The Balaban J connectivity index is 1.52. The maximum Gasteiger partial charge on any atom is 0.261 e. The molecule has 0 fully saturated rings. The minimum absolute atomic E-state index is 0.207. The van der Waals surface area contributed by atoms with Crippen molar-refractivity contribution in [3.05, 3.63) is 94.4 Å². The predicted octanol–water partition coefficient (Wildman–Crippen LogP) is 4.26. The molecule has 0 aliphatic heterocycles. The van der Waals surface area contributed by atoms with Gasteiger partial charge in [-0.15, -0.1) is 0 Å². The topological polar surface area (TPSA) is 115 Å². The molecule has 5 rings (SSSR count). The van der Waals surface area contributed by atoms with E-state index in [0.717, 1.165) is 10.2 Å². The summed E-state index contributed by atoms with van der Waals surface area (Å²) in [4.78, 5) is 34.9. The Labute approximate surface area is 191 Å². The number of rotatable bonds is 7. The number of fused-ring (bicyclic) bond motifs is 1. The van der Waals surface area contributed by atoms with E-state index in [2.05, 4.69) is 20.6 Å². The van der Waals surface area contributed by atoms with Crippen molar-refractivity contribution < 1.29 is 13.6 Å². The lowest BCUT2D eigenvalue weighted by atomic mass is 10.1. The number of hydrogen-bond donors (Lipinski definition) is 2. The lowest BCUT2D eigenvalue weighted by Gasteiger charge is -2.17. The number of furan rings is 1. The molecule has 0 atom stereocenters. The Hall–Kier alpha value is -4.18. The largest absolute Gasteiger partial charge is 0.467 e. The Morgan fingerprint density at radius 1 is 1.15 bits per heavy atom. The standard InChI is InChI=1S/C23H19N5O4S/c1-14-21(22(30)27-23-26-16-6-2-3-7-18(16)33-23)17(25-12-19-24-8-10-32-19)11-20(29)28(14)13-15-5-4-9-31-15/h2-11,25H,12-13H2,1H3,(H,26,27,30). The summed E-state index contributed by atoms with van der Waals surface area (Å²) in [6.45, 7) is 2.16. The minimum Gasteiger partial charge on any atom is -0.467 e. The van der Waals surface area contributed by atoms with Crippen molar-refractivity contribution in [2.24, 2.45) is 0 Å². The molecule has 0 bridgehead atoms. The molecule has 0 aliphatic carbocycles. The molecule has 9 nitrogen and oxygen atoms in total. The van der Waals surface area contributed by atoms with Gasteiger partial charge in [-0.3, -0.25) is 14.9 Å². The third-order valence-corrected chi connectivity index (χ3v) is 6.07. The molecule has 1 aromatic carbocycles. The van der Waals surface area contributed by atoms with Gasteiger partial charge in [0.25, 0.3) is 11.5 Å². The summed E-state index contributed by atoms with van der Waals surface area (Å²) in [5, 5.41) is 6.46. The van der Waals surface area contributed by atoms with Crippen LogP contribution in [0.1, 0.15) is 27.7 Å².